The van der Waals surface area contributed by atoms with Crippen molar-refractivity contribution in [1.82, 2.24) is 0 Å². The Morgan fingerprint density at radius 2 is 1.69 bits per heavy atom. The zero-order valence-corrected chi connectivity index (χ0v) is 18.4. The Kier molecular flexibility index (Phi) is 5.88. The van der Waals surface area contributed by atoms with Gasteiger partial charge < -0.3 is 18.6 Å². The fourth-order valence-corrected chi connectivity index (χ4v) is 3.34. The van der Waals surface area contributed by atoms with Crippen LogP contribution in [0.4, 0.5) is 0 Å². The lowest BCUT2D eigenvalue weighted by atomic mass is 10.1. The third kappa shape index (κ3) is 4.31. The van der Waals surface area contributed by atoms with Crippen LogP contribution in [-0.2, 0) is 0 Å². The lowest BCUT2D eigenvalue weighted by molar-refractivity contribution is 0.0734. The molecule has 0 bridgehead atoms. The smallest absolute Gasteiger partial charge is 0.343 e. The van der Waals surface area contributed by atoms with E-state index in [1.807, 2.05) is 13.8 Å². The summed E-state index contributed by atoms with van der Waals surface area (Å²) in [6.45, 7) is 3.72. The molecule has 0 aliphatic carbocycles. The maximum atomic E-state index is 12.9. The van der Waals surface area contributed by atoms with E-state index in [-0.39, 0.29) is 22.5 Å². The monoisotopic (exact) mass is 450 g/mol. The van der Waals surface area contributed by atoms with Gasteiger partial charge in [-0.1, -0.05) is 17.7 Å². The van der Waals surface area contributed by atoms with Gasteiger partial charge in [-0.3, -0.25) is 4.79 Å². The average molecular weight is 451 g/mol. The number of carbonyl (C=O) groups excluding carboxylic acids is 1. The number of esters is 1. The van der Waals surface area contributed by atoms with Crippen LogP contribution in [0.3, 0.4) is 0 Å². The van der Waals surface area contributed by atoms with Crippen LogP contribution in [0.15, 0.2) is 70.1 Å². The summed E-state index contributed by atoms with van der Waals surface area (Å²) >= 11 is 6.19. The second kappa shape index (κ2) is 8.77. The Balaban J connectivity index is 1.59. The summed E-state index contributed by atoms with van der Waals surface area (Å²) in [5.74, 6) is 0.757. The maximum absolute atomic E-state index is 12.9. The Morgan fingerprint density at radius 3 is 2.41 bits per heavy atom. The van der Waals surface area contributed by atoms with E-state index >= 15 is 0 Å². The van der Waals surface area contributed by atoms with Gasteiger partial charge in [-0.2, -0.15) is 0 Å². The molecule has 0 saturated carbocycles. The fraction of sp³-hybridized carbons (Fsp3) is 0.120. The van der Waals surface area contributed by atoms with Crippen molar-refractivity contribution in [3.8, 4) is 23.0 Å². The van der Waals surface area contributed by atoms with Crippen molar-refractivity contribution in [2.75, 3.05) is 7.11 Å². The quantitative estimate of drug-likeness (QED) is 0.271. The Labute approximate surface area is 188 Å². The van der Waals surface area contributed by atoms with Gasteiger partial charge in [0.1, 0.15) is 29.1 Å². The van der Waals surface area contributed by atoms with E-state index in [2.05, 4.69) is 0 Å². The lowest BCUT2D eigenvalue weighted by Crippen LogP contribution is -2.09. The number of aryl methyl sites for hydroxylation is 2. The number of hydrogen-bond donors (Lipinski definition) is 0. The first-order valence-corrected chi connectivity index (χ1v) is 10.1. The van der Waals surface area contributed by atoms with Crippen molar-refractivity contribution in [3.05, 3.63) is 92.8 Å². The van der Waals surface area contributed by atoms with Crippen LogP contribution in [-0.4, -0.2) is 13.1 Å². The van der Waals surface area contributed by atoms with E-state index in [0.29, 0.717) is 27.5 Å². The van der Waals surface area contributed by atoms with Gasteiger partial charge in [0, 0.05) is 11.1 Å². The molecular weight excluding hydrogens is 432 g/mol. The second-order valence-corrected chi connectivity index (χ2v) is 7.56. The molecule has 0 spiro atoms. The molecular formula is C25H19ClO6. The summed E-state index contributed by atoms with van der Waals surface area (Å²) in [7, 11) is 1.52. The molecule has 32 heavy (non-hydrogen) atoms. The molecule has 6 nitrogen and oxygen atoms in total. The zero-order chi connectivity index (χ0) is 22.8. The third-order valence-electron chi connectivity index (χ3n) is 4.87. The number of hydrogen-bond acceptors (Lipinski definition) is 6. The normalized spacial score (nSPS) is 10.8. The summed E-state index contributed by atoms with van der Waals surface area (Å²) in [4.78, 5) is 25.3. The molecule has 3 aromatic carbocycles. The highest BCUT2D eigenvalue weighted by Crippen LogP contribution is 2.29. The van der Waals surface area contributed by atoms with Crippen molar-refractivity contribution in [2.45, 2.75) is 13.8 Å². The molecule has 1 heterocycles. The number of fused-ring (bicyclic) bond motifs is 1. The van der Waals surface area contributed by atoms with Gasteiger partial charge in [0.2, 0.25) is 11.2 Å². The highest BCUT2D eigenvalue weighted by molar-refractivity contribution is 6.32. The summed E-state index contributed by atoms with van der Waals surface area (Å²) in [6, 6.07) is 14.7. The molecule has 0 amide bonds. The average Bonchev–Trinajstić information content (AvgIpc) is 2.79. The lowest BCUT2D eigenvalue weighted by Gasteiger charge is -2.10. The van der Waals surface area contributed by atoms with E-state index in [9.17, 15) is 9.59 Å². The number of benzene rings is 3. The highest BCUT2D eigenvalue weighted by Gasteiger charge is 2.14. The van der Waals surface area contributed by atoms with Crippen LogP contribution >= 0.6 is 11.6 Å². The first-order chi connectivity index (χ1) is 15.4. The summed E-state index contributed by atoms with van der Waals surface area (Å²) in [5.41, 5.74) is 1.94. The van der Waals surface area contributed by atoms with Crippen LogP contribution in [0.5, 0.6) is 23.0 Å². The SMILES string of the molecule is COc1cccc(C(=O)Oc2ccc3c(=O)c(Oc4cc(C)c(Cl)c(C)c4)coc3c2)c1. The van der Waals surface area contributed by atoms with E-state index in [0.717, 1.165) is 11.1 Å². The van der Waals surface area contributed by atoms with Crippen LogP contribution in [0.1, 0.15) is 21.5 Å². The molecule has 0 aliphatic heterocycles. The minimum absolute atomic E-state index is 0.0414. The van der Waals surface area contributed by atoms with Crippen molar-refractivity contribution >= 4 is 28.5 Å². The maximum Gasteiger partial charge on any atom is 0.343 e. The molecule has 0 radical (unpaired) electrons. The molecule has 162 valence electrons. The van der Waals surface area contributed by atoms with Crippen molar-refractivity contribution in [2.24, 2.45) is 0 Å². The van der Waals surface area contributed by atoms with Gasteiger partial charge in [0.05, 0.1) is 18.1 Å². The third-order valence-corrected chi connectivity index (χ3v) is 5.46. The first kappa shape index (κ1) is 21.5. The molecule has 1 aromatic heterocycles. The van der Waals surface area contributed by atoms with E-state index in [1.165, 1.54) is 31.6 Å². The molecule has 0 aliphatic rings. The Morgan fingerprint density at radius 1 is 0.938 bits per heavy atom. The van der Waals surface area contributed by atoms with E-state index < -0.39 is 5.97 Å². The zero-order valence-electron chi connectivity index (χ0n) is 17.6. The molecule has 0 N–H and O–H groups in total. The highest BCUT2D eigenvalue weighted by atomic mass is 35.5. The fourth-order valence-electron chi connectivity index (χ4n) is 3.23. The largest absolute Gasteiger partial charge is 0.497 e. The van der Waals surface area contributed by atoms with Crippen LogP contribution in [0, 0.1) is 13.8 Å². The topological polar surface area (TPSA) is 75.0 Å². The summed E-state index contributed by atoms with van der Waals surface area (Å²) < 4.78 is 21.9. The molecule has 0 fully saturated rings. The van der Waals surface area contributed by atoms with Gasteiger partial charge in [0.25, 0.3) is 0 Å². The second-order valence-electron chi connectivity index (χ2n) is 7.18. The molecule has 0 unspecified atom stereocenters. The molecule has 7 heteroatoms. The van der Waals surface area contributed by atoms with Crippen molar-refractivity contribution in [3.63, 3.8) is 0 Å². The molecule has 0 atom stereocenters. The van der Waals surface area contributed by atoms with Gasteiger partial charge in [-0.05, 0) is 67.4 Å². The molecule has 4 aromatic rings. The first-order valence-electron chi connectivity index (χ1n) is 9.72. The van der Waals surface area contributed by atoms with Gasteiger partial charge in [0.15, 0.2) is 0 Å². The van der Waals surface area contributed by atoms with Crippen LogP contribution < -0.4 is 19.6 Å². The minimum Gasteiger partial charge on any atom is -0.497 e. The molecule has 4 rings (SSSR count). The van der Waals surface area contributed by atoms with Gasteiger partial charge in [-0.25, -0.2) is 4.79 Å². The van der Waals surface area contributed by atoms with Crippen LogP contribution in [0.2, 0.25) is 5.02 Å². The number of ether oxygens (including phenoxy) is 3. The predicted molar refractivity (Wildman–Crippen MR) is 121 cm³/mol. The van der Waals surface area contributed by atoms with Crippen LogP contribution in [0.25, 0.3) is 11.0 Å². The Bertz CT molecular complexity index is 1370. The minimum atomic E-state index is -0.556. The molecule has 0 saturated heterocycles. The van der Waals surface area contributed by atoms with E-state index in [1.54, 1.807) is 36.4 Å². The number of rotatable bonds is 5. The number of halogens is 1. The van der Waals surface area contributed by atoms with Crippen molar-refractivity contribution in [1.29, 1.82) is 0 Å². The van der Waals surface area contributed by atoms with Crippen molar-refractivity contribution < 1.29 is 23.4 Å². The summed E-state index contributed by atoms with van der Waals surface area (Å²) in [5, 5.41) is 0.949. The summed E-state index contributed by atoms with van der Waals surface area (Å²) in [6.07, 6.45) is 1.23. The number of carbonyl (C=O) groups is 1. The number of methoxy groups -OCH3 is 1. The van der Waals surface area contributed by atoms with Gasteiger partial charge >= 0.3 is 5.97 Å². The van der Waals surface area contributed by atoms with Gasteiger partial charge in [-0.15, -0.1) is 0 Å². The standard InChI is InChI=1S/C25H19ClO6/c1-14-9-19(10-15(2)23(14)26)31-22-13-30-21-12-18(7-8-20(21)24(22)27)32-25(28)16-5-4-6-17(11-16)29-3/h4-13H,1-3H3. The Hall–Kier alpha value is -3.77. The predicted octanol–water partition coefficient (Wildman–Crippen LogP) is 6.08. The van der Waals surface area contributed by atoms with E-state index in [4.69, 9.17) is 30.2 Å².